The summed E-state index contributed by atoms with van der Waals surface area (Å²) in [5.41, 5.74) is 0.00665. The molecule has 0 radical (unpaired) electrons. The van der Waals surface area contributed by atoms with Gasteiger partial charge in [0.1, 0.15) is 16.8 Å². The fourth-order valence-electron chi connectivity index (χ4n) is 0.935. The molecule has 0 aliphatic rings. The van der Waals surface area contributed by atoms with Gasteiger partial charge in [-0.05, 0) is 19.1 Å². The zero-order valence-electron chi connectivity index (χ0n) is 9.93. The third-order valence-corrected chi connectivity index (χ3v) is 2.78. The molecule has 0 saturated carbocycles. The first-order chi connectivity index (χ1) is 7.56. The van der Waals surface area contributed by atoms with E-state index < -0.39 is 22.6 Å². The van der Waals surface area contributed by atoms with Crippen molar-refractivity contribution in [3.05, 3.63) is 29.3 Å². The maximum absolute atomic E-state index is 13.3. The van der Waals surface area contributed by atoms with E-state index >= 15 is 0 Å². The number of rotatable bonds is 3. The zero-order chi connectivity index (χ0) is 12.7. The van der Waals surface area contributed by atoms with Crippen LogP contribution in [0.4, 0.5) is 14.5 Å². The smallest absolute Gasteiger partial charge is 0.153 e. The molecular weight excluding hydrogens is 232 g/mol. The second kappa shape index (κ2) is 7.33. The van der Waals surface area contributed by atoms with Gasteiger partial charge >= 0.3 is 0 Å². The molecule has 1 unspecified atom stereocenters. The Hall–Kier alpha value is -0.970. The van der Waals surface area contributed by atoms with E-state index in [4.69, 9.17) is 0 Å². The summed E-state index contributed by atoms with van der Waals surface area (Å²) in [5, 5.41) is 0. The van der Waals surface area contributed by atoms with Gasteiger partial charge in [0.2, 0.25) is 0 Å². The summed E-state index contributed by atoms with van der Waals surface area (Å²) < 4.78 is 39.7. The van der Waals surface area contributed by atoms with Crippen LogP contribution in [0.2, 0.25) is 0 Å². The van der Waals surface area contributed by atoms with Crippen LogP contribution in [0.15, 0.2) is 12.1 Å². The summed E-state index contributed by atoms with van der Waals surface area (Å²) in [5.74, 6) is -0.919. The Bertz CT molecular complexity index is 369. The summed E-state index contributed by atoms with van der Waals surface area (Å²) in [6.45, 7) is 7.04. The van der Waals surface area contributed by atoms with Crippen molar-refractivity contribution < 1.29 is 13.0 Å². The second-order valence-electron chi connectivity index (χ2n) is 2.77. The van der Waals surface area contributed by atoms with Gasteiger partial charge in [-0.25, -0.2) is 13.0 Å². The predicted molar refractivity (Wildman–Crippen MR) is 64.7 cm³/mol. The van der Waals surface area contributed by atoms with E-state index in [1.165, 1.54) is 13.0 Å². The summed E-state index contributed by atoms with van der Waals surface area (Å²) in [4.78, 5) is 0. The molecule has 0 heterocycles. The first-order valence-electron chi connectivity index (χ1n) is 5.16. The number of hydrogen-bond donors (Lipinski definition) is 1. The highest BCUT2D eigenvalue weighted by atomic mass is 32.2. The van der Waals surface area contributed by atoms with Crippen LogP contribution in [0, 0.1) is 18.6 Å². The van der Waals surface area contributed by atoms with Gasteiger partial charge in [0.25, 0.3) is 0 Å². The van der Waals surface area contributed by atoms with E-state index in [1.807, 2.05) is 13.8 Å². The molecule has 0 saturated heterocycles. The topological polar surface area (TPSA) is 29.1 Å². The molecular formula is C11H17F2NOS. The quantitative estimate of drug-likeness (QED) is 0.874. The van der Waals surface area contributed by atoms with Crippen LogP contribution in [0.1, 0.15) is 26.3 Å². The van der Waals surface area contributed by atoms with Crippen molar-refractivity contribution in [2.45, 2.75) is 27.7 Å². The van der Waals surface area contributed by atoms with Gasteiger partial charge < -0.3 is 4.72 Å². The average Bonchev–Trinajstić information content (AvgIpc) is 2.32. The number of halogens is 2. The van der Waals surface area contributed by atoms with Crippen LogP contribution in [0.3, 0.4) is 0 Å². The lowest BCUT2D eigenvalue weighted by Crippen LogP contribution is -2.08. The highest BCUT2D eigenvalue weighted by Crippen LogP contribution is 2.20. The molecule has 1 N–H and O–H groups in total. The minimum absolute atomic E-state index is 0.0666. The third kappa shape index (κ3) is 3.89. The minimum Gasteiger partial charge on any atom is -0.302 e. The van der Waals surface area contributed by atoms with E-state index in [2.05, 4.69) is 4.72 Å². The monoisotopic (exact) mass is 249 g/mol. The van der Waals surface area contributed by atoms with Gasteiger partial charge in [0, 0.05) is 11.3 Å². The molecule has 1 aromatic rings. The van der Waals surface area contributed by atoms with Crippen molar-refractivity contribution in [1.29, 1.82) is 0 Å². The molecule has 0 aliphatic heterocycles. The molecule has 1 atom stereocenters. The Morgan fingerprint density at radius 2 is 1.88 bits per heavy atom. The molecule has 16 heavy (non-hydrogen) atoms. The van der Waals surface area contributed by atoms with Gasteiger partial charge in [-0.2, -0.15) is 0 Å². The van der Waals surface area contributed by atoms with Gasteiger partial charge in [-0.1, -0.05) is 20.8 Å². The Kier molecular flexibility index (Phi) is 6.88. The highest BCUT2D eigenvalue weighted by molar-refractivity contribution is 7.86. The molecule has 2 nitrogen and oxygen atoms in total. The van der Waals surface area contributed by atoms with Crippen LogP contribution in [-0.2, 0) is 11.0 Å². The zero-order valence-corrected chi connectivity index (χ0v) is 10.8. The van der Waals surface area contributed by atoms with Crippen LogP contribution in [0.25, 0.3) is 0 Å². The van der Waals surface area contributed by atoms with Crippen LogP contribution in [0.5, 0.6) is 0 Å². The fraction of sp³-hybridized carbons (Fsp3) is 0.455. The lowest BCUT2D eigenvalue weighted by molar-refractivity contribution is 0.571. The van der Waals surface area contributed by atoms with Crippen molar-refractivity contribution in [3.63, 3.8) is 0 Å². The molecule has 0 aromatic heterocycles. The lowest BCUT2D eigenvalue weighted by Gasteiger charge is -2.07. The van der Waals surface area contributed by atoms with Crippen molar-refractivity contribution in [3.8, 4) is 0 Å². The molecule has 0 amide bonds. The summed E-state index contributed by atoms with van der Waals surface area (Å²) in [7, 11) is -1.32. The molecule has 1 aromatic carbocycles. The summed E-state index contributed by atoms with van der Waals surface area (Å²) in [6.07, 6.45) is 0. The minimum atomic E-state index is -1.32. The second-order valence-corrected chi connectivity index (χ2v) is 4.24. The lowest BCUT2D eigenvalue weighted by atomic mass is 10.2. The largest absolute Gasteiger partial charge is 0.302 e. The van der Waals surface area contributed by atoms with Gasteiger partial charge in [0.05, 0.1) is 5.69 Å². The number of nitrogens with one attached hydrogen (secondary N) is 1. The number of hydrogen-bond acceptors (Lipinski definition) is 1. The van der Waals surface area contributed by atoms with Crippen LogP contribution in [-0.4, -0.2) is 9.96 Å². The third-order valence-electron chi connectivity index (χ3n) is 1.81. The van der Waals surface area contributed by atoms with E-state index in [9.17, 15) is 13.0 Å². The molecule has 1 rings (SSSR count). The maximum atomic E-state index is 13.3. The predicted octanol–water partition coefficient (Wildman–Crippen LogP) is 3.39. The van der Waals surface area contributed by atoms with Gasteiger partial charge in [-0.15, -0.1) is 0 Å². The molecule has 0 bridgehead atoms. The Balaban J connectivity index is 0.00000106. The van der Waals surface area contributed by atoms with E-state index in [0.717, 1.165) is 6.07 Å². The average molecular weight is 249 g/mol. The van der Waals surface area contributed by atoms with Crippen molar-refractivity contribution in [2.24, 2.45) is 0 Å². The van der Waals surface area contributed by atoms with E-state index in [0.29, 0.717) is 5.75 Å². The molecule has 5 heteroatoms. The first kappa shape index (κ1) is 15.0. The standard InChI is InChI=1S/C9H11F2NOS.C2H6/c1-3-14(13)12-8-5-4-7(10)6(2)9(8)11;1-2/h4-5,12H,3H2,1-2H3;1-2H3. The first-order valence-corrected chi connectivity index (χ1v) is 6.47. The molecule has 0 spiro atoms. The summed E-state index contributed by atoms with van der Waals surface area (Å²) >= 11 is 0. The Labute approximate surface area is 97.7 Å². The van der Waals surface area contributed by atoms with E-state index in [1.54, 1.807) is 6.92 Å². The maximum Gasteiger partial charge on any atom is 0.153 e. The van der Waals surface area contributed by atoms with Gasteiger partial charge in [0.15, 0.2) is 5.82 Å². The Morgan fingerprint density at radius 3 is 2.38 bits per heavy atom. The van der Waals surface area contributed by atoms with Crippen LogP contribution < -0.4 is 4.72 Å². The number of benzene rings is 1. The molecule has 0 fully saturated rings. The van der Waals surface area contributed by atoms with Gasteiger partial charge in [-0.3, -0.25) is 0 Å². The van der Waals surface area contributed by atoms with Crippen molar-refractivity contribution in [2.75, 3.05) is 10.5 Å². The normalized spacial score (nSPS) is 11.4. The fourth-order valence-corrected chi connectivity index (χ4v) is 1.48. The van der Waals surface area contributed by atoms with Crippen LogP contribution >= 0.6 is 0 Å². The van der Waals surface area contributed by atoms with E-state index in [-0.39, 0.29) is 11.3 Å². The van der Waals surface area contributed by atoms with Crippen molar-refractivity contribution >= 4 is 16.7 Å². The molecule has 92 valence electrons. The summed E-state index contributed by atoms with van der Waals surface area (Å²) in [6, 6.07) is 2.39. The Morgan fingerprint density at radius 1 is 1.31 bits per heavy atom. The number of anilines is 1. The highest BCUT2D eigenvalue weighted by Gasteiger charge is 2.10. The molecule has 0 aliphatic carbocycles. The SMILES string of the molecule is CC.CCS(=O)Nc1ccc(F)c(C)c1F. The van der Waals surface area contributed by atoms with Crippen molar-refractivity contribution in [1.82, 2.24) is 0 Å².